The summed E-state index contributed by atoms with van der Waals surface area (Å²) in [6, 6.07) is 20.3. The van der Waals surface area contributed by atoms with Crippen LogP contribution in [0.4, 0.5) is 0 Å². The van der Waals surface area contributed by atoms with Crippen LogP contribution in [-0.4, -0.2) is 4.98 Å². The Hall–Kier alpha value is -2.35. The summed E-state index contributed by atoms with van der Waals surface area (Å²) in [6.07, 6.45) is 1.62. The maximum Gasteiger partial charge on any atom is -0.0222 e. The summed E-state index contributed by atoms with van der Waals surface area (Å²) >= 11 is 0. The van der Waals surface area contributed by atoms with Crippen LogP contribution in [0, 0.1) is 0 Å². The fourth-order valence-electron chi connectivity index (χ4n) is 1.88. The quantitative estimate of drug-likeness (QED) is 0.660. The first-order valence-electron chi connectivity index (χ1n) is 5.53. The van der Waals surface area contributed by atoms with E-state index in [0.717, 1.165) is 22.5 Å². The van der Waals surface area contributed by atoms with Gasteiger partial charge in [0.25, 0.3) is 0 Å². The van der Waals surface area contributed by atoms with Crippen molar-refractivity contribution >= 4 is 0 Å². The smallest absolute Gasteiger partial charge is 0.0222 e. The summed E-state index contributed by atoms with van der Waals surface area (Å²) in [4.78, 5) is 8.70. The van der Waals surface area contributed by atoms with Crippen LogP contribution < -0.4 is 4.98 Å². The molecule has 0 N–H and O–H groups in total. The average Bonchev–Trinajstić information content (AvgIpc) is 2.90. The molecule has 17 heavy (non-hydrogen) atoms. The van der Waals surface area contributed by atoms with Crippen molar-refractivity contribution in [2.75, 3.05) is 0 Å². The Labute approximate surface area is 100.0 Å². The fourth-order valence-corrected chi connectivity index (χ4v) is 1.88. The van der Waals surface area contributed by atoms with Crippen LogP contribution in [0.2, 0.25) is 0 Å². The lowest BCUT2D eigenvalue weighted by Gasteiger charge is -2.08. The number of aromatic nitrogens is 2. The van der Waals surface area contributed by atoms with E-state index in [2.05, 4.69) is 34.2 Å². The first-order valence-corrected chi connectivity index (χ1v) is 5.53. The first-order chi connectivity index (χ1) is 8.45. The fraction of sp³-hybridized carbons (Fsp3) is 0. The van der Waals surface area contributed by atoms with Crippen LogP contribution in [0.5, 0.6) is 0 Å². The lowest BCUT2D eigenvalue weighted by molar-refractivity contribution is 1.29. The van der Waals surface area contributed by atoms with Gasteiger partial charge in [-0.1, -0.05) is 67.0 Å². The molecule has 0 aliphatic rings. The highest BCUT2D eigenvalue weighted by molar-refractivity contribution is 5.77. The lowest BCUT2D eigenvalue weighted by Crippen LogP contribution is -1.84. The zero-order valence-electron chi connectivity index (χ0n) is 9.25. The van der Waals surface area contributed by atoms with E-state index >= 15 is 0 Å². The van der Waals surface area contributed by atoms with Gasteiger partial charge in [-0.25, -0.2) is 0 Å². The molecule has 0 spiro atoms. The highest BCUT2D eigenvalue weighted by Gasteiger charge is 2.01. The summed E-state index contributed by atoms with van der Waals surface area (Å²) in [5, 5.41) is 0. The minimum absolute atomic E-state index is 0.941. The molecule has 0 amide bonds. The van der Waals surface area contributed by atoms with Crippen molar-refractivity contribution in [3.63, 3.8) is 0 Å². The second kappa shape index (κ2) is 4.26. The molecule has 3 rings (SSSR count). The number of hydrogen-bond acceptors (Lipinski definition) is 1. The van der Waals surface area contributed by atoms with Gasteiger partial charge in [-0.3, -0.25) is 0 Å². The molecule has 0 aliphatic carbocycles. The molecule has 0 bridgehead atoms. The number of imidazole rings is 1. The Kier molecular flexibility index (Phi) is 2.47. The maximum atomic E-state index is 4.35. The standard InChI is InChI=1S/C15H11N2/c1-3-7-12(8-4-1)14-15(17-11-16-14)13-9-5-2-6-10-13/h1-11H/q-1. The summed E-state index contributed by atoms with van der Waals surface area (Å²) in [5.74, 6) is 0. The van der Waals surface area contributed by atoms with Crippen molar-refractivity contribution in [1.82, 2.24) is 9.97 Å². The Morgan fingerprint density at radius 3 is 1.94 bits per heavy atom. The lowest BCUT2D eigenvalue weighted by atomic mass is 10.1. The molecule has 2 heteroatoms. The van der Waals surface area contributed by atoms with Crippen molar-refractivity contribution in [3.05, 3.63) is 67.0 Å². The topological polar surface area (TPSA) is 27.0 Å². The van der Waals surface area contributed by atoms with Crippen LogP contribution in [0.3, 0.4) is 0 Å². The van der Waals surface area contributed by atoms with Crippen molar-refractivity contribution in [2.45, 2.75) is 0 Å². The zero-order valence-corrected chi connectivity index (χ0v) is 9.25. The summed E-state index contributed by atoms with van der Waals surface area (Å²) in [7, 11) is 0. The van der Waals surface area contributed by atoms with Crippen molar-refractivity contribution < 1.29 is 0 Å². The SMILES string of the molecule is c1ccc(-c2nc[n-]c2-c2ccccc2)cc1. The van der Waals surface area contributed by atoms with Gasteiger partial charge in [0.05, 0.1) is 0 Å². The third-order valence-corrected chi connectivity index (χ3v) is 2.69. The van der Waals surface area contributed by atoms with Gasteiger partial charge in [0.2, 0.25) is 0 Å². The van der Waals surface area contributed by atoms with E-state index in [1.165, 1.54) is 0 Å². The molecule has 0 fully saturated rings. The second-order valence-electron chi connectivity index (χ2n) is 3.80. The van der Waals surface area contributed by atoms with Crippen molar-refractivity contribution in [1.29, 1.82) is 0 Å². The highest BCUT2D eigenvalue weighted by atomic mass is 14.9. The normalized spacial score (nSPS) is 10.4. The van der Waals surface area contributed by atoms with Gasteiger partial charge in [0.1, 0.15) is 0 Å². The van der Waals surface area contributed by atoms with Crippen LogP contribution in [0.1, 0.15) is 0 Å². The molecule has 2 aromatic carbocycles. The zero-order chi connectivity index (χ0) is 11.5. The average molecular weight is 219 g/mol. The number of hydrogen-bond donors (Lipinski definition) is 0. The predicted octanol–water partition coefficient (Wildman–Crippen LogP) is 3.37. The molecule has 1 heterocycles. The van der Waals surface area contributed by atoms with Gasteiger partial charge in [-0.05, 0) is 22.5 Å². The Morgan fingerprint density at radius 1 is 0.706 bits per heavy atom. The third kappa shape index (κ3) is 1.85. The molecular weight excluding hydrogens is 208 g/mol. The molecule has 0 radical (unpaired) electrons. The van der Waals surface area contributed by atoms with Crippen molar-refractivity contribution in [3.8, 4) is 22.5 Å². The molecule has 0 atom stereocenters. The van der Waals surface area contributed by atoms with Crippen LogP contribution in [0.15, 0.2) is 67.0 Å². The van der Waals surface area contributed by atoms with E-state index in [4.69, 9.17) is 0 Å². The monoisotopic (exact) mass is 219 g/mol. The molecule has 0 saturated carbocycles. The largest absolute Gasteiger partial charge is 0.443 e. The van der Waals surface area contributed by atoms with Gasteiger partial charge in [0, 0.05) is 0 Å². The predicted molar refractivity (Wildman–Crippen MR) is 68.4 cm³/mol. The van der Waals surface area contributed by atoms with E-state index < -0.39 is 0 Å². The van der Waals surface area contributed by atoms with Gasteiger partial charge < -0.3 is 9.97 Å². The number of nitrogens with zero attached hydrogens (tertiary/aromatic N) is 2. The molecule has 0 saturated heterocycles. The summed E-state index contributed by atoms with van der Waals surface area (Å²) < 4.78 is 0. The Morgan fingerprint density at radius 2 is 1.29 bits per heavy atom. The number of rotatable bonds is 2. The van der Waals surface area contributed by atoms with Crippen LogP contribution >= 0.6 is 0 Å². The van der Waals surface area contributed by atoms with E-state index in [0.29, 0.717) is 0 Å². The van der Waals surface area contributed by atoms with Crippen LogP contribution in [0.25, 0.3) is 22.5 Å². The highest BCUT2D eigenvalue weighted by Crippen LogP contribution is 2.27. The molecule has 82 valence electrons. The summed E-state index contributed by atoms with van der Waals surface area (Å²) in [6.45, 7) is 0. The summed E-state index contributed by atoms with van der Waals surface area (Å²) in [5.41, 5.74) is 4.08. The van der Waals surface area contributed by atoms with E-state index in [9.17, 15) is 0 Å². The van der Waals surface area contributed by atoms with E-state index in [1.54, 1.807) is 6.33 Å². The minimum Gasteiger partial charge on any atom is -0.443 e. The number of benzene rings is 2. The second-order valence-corrected chi connectivity index (χ2v) is 3.80. The molecule has 0 unspecified atom stereocenters. The van der Waals surface area contributed by atoms with E-state index in [1.807, 2.05) is 36.4 Å². The third-order valence-electron chi connectivity index (χ3n) is 2.69. The van der Waals surface area contributed by atoms with Gasteiger partial charge in [0.15, 0.2) is 0 Å². The molecule has 3 aromatic rings. The van der Waals surface area contributed by atoms with Gasteiger partial charge >= 0.3 is 0 Å². The van der Waals surface area contributed by atoms with Gasteiger partial charge in [-0.2, -0.15) is 0 Å². The molecule has 0 aliphatic heterocycles. The maximum absolute atomic E-state index is 4.35. The van der Waals surface area contributed by atoms with Crippen LogP contribution in [-0.2, 0) is 0 Å². The molecule has 2 nitrogen and oxygen atoms in total. The minimum atomic E-state index is 0.941. The molecule has 1 aromatic heterocycles. The first kappa shape index (κ1) is 9.85. The van der Waals surface area contributed by atoms with Crippen molar-refractivity contribution in [2.24, 2.45) is 0 Å². The molecular formula is C15H11N2-. The Balaban J connectivity index is 2.13. The van der Waals surface area contributed by atoms with Gasteiger partial charge in [-0.15, -0.1) is 0 Å². The van der Waals surface area contributed by atoms with E-state index in [-0.39, 0.29) is 0 Å². The Bertz CT molecular complexity index is 543.